The molecule has 2 aromatic rings. The number of benzene rings is 1. The van der Waals surface area contributed by atoms with Crippen LogP contribution in [0.15, 0.2) is 18.2 Å². The standard InChI is InChI=1S/C16H17FN2O5/c1-8-6-19(7-13(24-8)16(21)22)15(20)11-5-9-12(23-2)4-3-10(17)14(9)18-11/h3-5,8,13,18H,6-7H2,1-2H3,(H,21,22)/t8-,13?/m1/s1. The summed E-state index contributed by atoms with van der Waals surface area (Å²) < 4.78 is 24.4. The van der Waals surface area contributed by atoms with Crippen molar-refractivity contribution in [2.24, 2.45) is 0 Å². The van der Waals surface area contributed by atoms with E-state index in [9.17, 15) is 14.0 Å². The lowest BCUT2D eigenvalue weighted by Crippen LogP contribution is -2.51. The maximum Gasteiger partial charge on any atom is 0.334 e. The van der Waals surface area contributed by atoms with Crippen LogP contribution in [-0.4, -0.2) is 59.3 Å². The number of fused-ring (bicyclic) bond motifs is 1. The summed E-state index contributed by atoms with van der Waals surface area (Å²) >= 11 is 0. The first-order chi connectivity index (χ1) is 11.4. The average molecular weight is 336 g/mol. The van der Waals surface area contributed by atoms with Crippen molar-refractivity contribution in [1.82, 2.24) is 9.88 Å². The number of ether oxygens (including phenoxy) is 2. The molecule has 8 heteroatoms. The van der Waals surface area contributed by atoms with Crippen LogP contribution in [0, 0.1) is 5.82 Å². The minimum Gasteiger partial charge on any atom is -0.496 e. The largest absolute Gasteiger partial charge is 0.496 e. The predicted molar refractivity (Wildman–Crippen MR) is 82.7 cm³/mol. The smallest absolute Gasteiger partial charge is 0.334 e. The van der Waals surface area contributed by atoms with E-state index in [0.717, 1.165) is 0 Å². The number of nitrogens with one attached hydrogen (secondary N) is 1. The molecule has 0 aliphatic carbocycles. The molecule has 1 unspecified atom stereocenters. The van der Waals surface area contributed by atoms with Gasteiger partial charge >= 0.3 is 5.97 Å². The molecule has 0 spiro atoms. The molecule has 1 saturated heterocycles. The molecule has 1 aromatic carbocycles. The van der Waals surface area contributed by atoms with E-state index in [-0.39, 0.29) is 24.3 Å². The summed E-state index contributed by atoms with van der Waals surface area (Å²) in [5.41, 5.74) is 0.348. The van der Waals surface area contributed by atoms with Crippen LogP contribution in [0.2, 0.25) is 0 Å². The third-order valence-corrected chi connectivity index (χ3v) is 3.98. The molecule has 0 bridgehead atoms. The van der Waals surface area contributed by atoms with Gasteiger partial charge in [-0.2, -0.15) is 0 Å². The number of aliphatic carboxylic acids is 1. The summed E-state index contributed by atoms with van der Waals surface area (Å²) in [4.78, 5) is 28.0. The monoisotopic (exact) mass is 336 g/mol. The summed E-state index contributed by atoms with van der Waals surface area (Å²) in [6, 6.07) is 4.25. The first kappa shape index (κ1) is 16.3. The van der Waals surface area contributed by atoms with Crippen LogP contribution in [0.1, 0.15) is 17.4 Å². The average Bonchev–Trinajstić information content (AvgIpc) is 3.00. The number of hydrogen-bond donors (Lipinski definition) is 2. The lowest BCUT2D eigenvalue weighted by Gasteiger charge is -2.34. The Balaban J connectivity index is 1.93. The molecule has 1 aromatic heterocycles. The quantitative estimate of drug-likeness (QED) is 0.889. The normalized spacial score (nSPS) is 21.0. The van der Waals surface area contributed by atoms with Gasteiger partial charge in [0.05, 0.1) is 25.3 Å². The molecule has 24 heavy (non-hydrogen) atoms. The summed E-state index contributed by atoms with van der Waals surface area (Å²) in [5.74, 6) is -1.58. The van der Waals surface area contributed by atoms with E-state index in [2.05, 4.69) is 4.98 Å². The second-order valence-electron chi connectivity index (χ2n) is 5.71. The van der Waals surface area contributed by atoms with E-state index in [4.69, 9.17) is 14.6 Å². The Labute approximate surface area is 137 Å². The SMILES string of the molecule is COc1ccc(F)c2[nH]c(C(=O)N3CC(C(=O)O)O[C@H](C)C3)cc12. The Bertz CT molecular complexity index is 803. The zero-order valence-electron chi connectivity index (χ0n) is 13.2. The van der Waals surface area contributed by atoms with Gasteiger partial charge in [-0.25, -0.2) is 9.18 Å². The molecular weight excluding hydrogens is 319 g/mol. The van der Waals surface area contributed by atoms with Crippen molar-refractivity contribution in [3.05, 3.63) is 29.7 Å². The molecule has 2 atom stereocenters. The van der Waals surface area contributed by atoms with Crippen molar-refractivity contribution in [1.29, 1.82) is 0 Å². The van der Waals surface area contributed by atoms with E-state index in [1.165, 1.54) is 30.2 Å². The fourth-order valence-electron chi connectivity index (χ4n) is 2.88. The number of amides is 1. The molecule has 1 aliphatic rings. The Morgan fingerprint density at radius 3 is 2.83 bits per heavy atom. The molecule has 0 saturated carbocycles. The summed E-state index contributed by atoms with van der Waals surface area (Å²) in [6.07, 6.45) is -1.48. The van der Waals surface area contributed by atoms with Gasteiger partial charge < -0.3 is 24.5 Å². The highest BCUT2D eigenvalue weighted by molar-refractivity contribution is 6.00. The highest BCUT2D eigenvalue weighted by Crippen LogP contribution is 2.29. The first-order valence-corrected chi connectivity index (χ1v) is 7.43. The second kappa shape index (κ2) is 6.12. The van der Waals surface area contributed by atoms with Crippen LogP contribution >= 0.6 is 0 Å². The van der Waals surface area contributed by atoms with Crippen molar-refractivity contribution in [3.8, 4) is 5.75 Å². The highest BCUT2D eigenvalue weighted by Gasteiger charge is 2.33. The van der Waals surface area contributed by atoms with E-state index in [1.54, 1.807) is 6.92 Å². The summed E-state index contributed by atoms with van der Waals surface area (Å²) in [7, 11) is 1.46. The van der Waals surface area contributed by atoms with Crippen molar-refractivity contribution in [3.63, 3.8) is 0 Å². The van der Waals surface area contributed by atoms with Gasteiger partial charge in [0, 0.05) is 11.9 Å². The molecule has 2 N–H and O–H groups in total. The highest BCUT2D eigenvalue weighted by atomic mass is 19.1. The Kier molecular flexibility index (Phi) is 4.15. The number of carboxylic acids is 1. The molecule has 1 fully saturated rings. The lowest BCUT2D eigenvalue weighted by atomic mass is 10.2. The lowest BCUT2D eigenvalue weighted by molar-refractivity contribution is -0.160. The number of carboxylic acid groups (broad SMARTS) is 1. The molecule has 128 valence electrons. The van der Waals surface area contributed by atoms with Crippen LogP contribution < -0.4 is 4.74 Å². The van der Waals surface area contributed by atoms with Gasteiger partial charge in [-0.15, -0.1) is 0 Å². The van der Waals surface area contributed by atoms with Crippen LogP contribution in [-0.2, 0) is 9.53 Å². The Morgan fingerprint density at radius 1 is 1.42 bits per heavy atom. The van der Waals surface area contributed by atoms with Gasteiger partial charge in [-0.1, -0.05) is 0 Å². The fourth-order valence-corrected chi connectivity index (χ4v) is 2.88. The van der Waals surface area contributed by atoms with Gasteiger partial charge in [0.15, 0.2) is 6.10 Å². The van der Waals surface area contributed by atoms with Crippen LogP contribution in [0.3, 0.4) is 0 Å². The predicted octanol–water partition coefficient (Wildman–Crippen LogP) is 1.63. The topological polar surface area (TPSA) is 91.9 Å². The number of hydrogen-bond acceptors (Lipinski definition) is 4. The van der Waals surface area contributed by atoms with Crippen LogP contribution in [0.5, 0.6) is 5.75 Å². The maximum atomic E-state index is 13.9. The summed E-state index contributed by atoms with van der Waals surface area (Å²) in [5, 5.41) is 9.56. The van der Waals surface area contributed by atoms with Crippen LogP contribution in [0.25, 0.3) is 10.9 Å². The van der Waals surface area contributed by atoms with Crippen LogP contribution in [0.4, 0.5) is 4.39 Å². The Hall–Kier alpha value is -2.61. The number of nitrogens with zero attached hydrogens (tertiary/aromatic N) is 1. The van der Waals surface area contributed by atoms with Gasteiger partial charge in [0.2, 0.25) is 0 Å². The molecule has 0 radical (unpaired) electrons. The maximum absolute atomic E-state index is 13.9. The van der Waals surface area contributed by atoms with Gasteiger partial charge in [-0.05, 0) is 25.1 Å². The van der Waals surface area contributed by atoms with Crippen molar-refractivity contribution in [2.45, 2.75) is 19.1 Å². The van der Waals surface area contributed by atoms with E-state index in [0.29, 0.717) is 11.1 Å². The number of H-pyrrole nitrogens is 1. The van der Waals surface area contributed by atoms with Gasteiger partial charge in [0.25, 0.3) is 5.91 Å². The number of methoxy groups -OCH3 is 1. The molecule has 2 heterocycles. The first-order valence-electron chi connectivity index (χ1n) is 7.43. The molecule has 3 rings (SSSR count). The van der Waals surface area contributed by atoms with Gasteiger partial charge in [-0.3, -0.25) is 4.79 Å². The number of aromatic amines is 1. The third-order valence-electron chi connectivity index (χ3n) is 3.98. The van der Waals surface area contributed by atoms with Gasteiger partial charge in [0.1, 0.15) is 17.3 Å². The number of carbonyl (C=O) groups is 2. The number of carbonyl (C=O) groups excluding carboxylic acids is 1. The number of morpholine rings is 1. The Morgan fingerprint density at radius 2 is 2.17 bits per heavy atom. The molecule has 7 nitrogen and oxygen atoms in total. The van der Waals surface area contributed by atoms with Crippen molar-refractivity contribution >= 4 is 22.8 Å². The number of halogens is 1. The van der Waals surface area contributed by atoms with Crippen molar-refractivity contribution < 1.29 is 28.6 Å². The molecular formula is C16H17FN2O5. The fraction of sp³-hybridized carbons (Fsp3) is 0.375. The molecule has 1 amide bonds. The number of aromatic nitrogens is 1. The zero-order valence-corrected chi connectivity index (χ0v) is 13.2. The minimum atomic E-state index is -1.12. The third kappa shape index (κ3) is 2.80. The summed E-state index contributed by atoms with van der Waals surface area (Å²) in [6.45, 7) is 1.90. The number of rotatable bonds is 3. The minimum absolute atomic E-state index is 0.0620. The molecule has 1 aliphatic heterocycles. The van der Waals surface area contributed by atoms with E-state index >= 15 is 0 Å². The van der Waals surface area contributed by atoms with Crippen molar-refractivity contribution in [2.75, 3.05) is 20.2 Å². The van der Waals surface area contributed by atoms with E-state index in [1.807, 2.05) is 0 Å². The zero-order chi connectivity index (χ0) is 17.4. The van der Waals surface area contributed by atoms with E-state index < -0.39 is 29.9 Å². The second-order valence-corrected chi connectivity index (χ2v) is 5.71.